The minimum atomic E-state index is -0.342. The van der Waals surface area contributed by atoms with E-state index in [-0.39, 0.29) is 11.9 Å². The lowest BCUT2D eigenvalue weighted by Gasteiger charge is -2.17. The van der Waals surface area contributed by atoms with Crippen LogP contribution in [0.3, 0.4) is 0 Å². The molecule has 18 heavy (non-hydrogen) atoms. The number of rotatable bonds is 4. The molecule has 98 valence electrons. The van der Waals surface area contributed by atoms with Gasteiger partial charge in [-0.1, -0.05) is 11.6 Å². The number of aromatic nitrogens is 1. The molecule has 1 atom stereocenters. The molecule has 1 saturated heterocycles. The molecule has 1 aromatic rings. The molecular formula is C11H16ClN5O. The highest BCUT2D eigenvalue weighted by atomic mass is 35.5. The third-order valence-electron chi connectivity index (χ3n) is 2.95. The highest BCUT2D eigenvalue weighted by Crippen LogP contribution is 2.25. The molecule has 0 radical (unpaired) electrons. The number of hydrogen-bond acceptors (Lipinski definition) is 5. The Labute approximate surface area is 110 Å². The van der Waals surface area contributed by atoms with Crippen molar-refractivity contribution in [2.24, 2.45) is 5.73 Å². The van der Waals surface area contributed by atoms with E-state index in [0.29, 0.717) is 30.5 Å². The summed E-state index contributed by atoms with van der Waals surface area (Å²) in [6, 6.07) is 1.40. The van der Waals surface area contributed by atoms with Crippen LogP contribution in [0.25, 0.3) is 0 Å². The fourth-order valence-corrected chi connectivity index (χ4v) is 2.09. The van der Waals surface area contributed by atoms with Gasteiger partial charge in [0.05, 0.1) is 11.7 Å². The SMILES string of the molecule is Nc1nccc(NCCN2CCC(N)C2=O)c1Cl. The van der Waals surface area contributed by atoms with Gasteiger partial charge in [0.1, 0.15) is 10.8 Å². The molecule has 1 aliphatic heterocycles. The lowest BCUT2D eigenvalue weighted by atomic mass is 10.3. The molecule has 0 saturated carbocycles. The van der Waals surface area contributed by atoms with Gasteiger partial charge in [-0.3, -0.25) is 4.79 Å². The normalized spacial score (nSPS) is 19.3. The number of halogens is 1. The number of nitrogens with one attached hydrogen (secondary N) is 1. The van der Waals surface area contributed by atoms with Crippen molar-refractivity contribution in [3.8, 4) is 0 Å². The van der Waals surface area contributed by atoms with Crippen LogP contribution in [0.2, 0.25) is 5.02 Å². The number of carbonyl (C=O) groups excluding carboxylic acids is 1. The number of pyridine rings is 1. The summed E-state index contributed by atoms with van der Waals surface area (Å²) in [6.45, 7) is 1.92. The molecule has 0 aromatic carbocycles. The number of likely N-dealkylation sites (tertiary alicyclic amines) is 1. The first kappa shape index (κ1) is 12.9. The van der Waals surface area contributed by atoms with Gasteiger partial charge in [0.2, 0.25) is 5.91 Å². The predicted molar refractivity (Wildman–Crippen MR) is 71.3 cm³/mol. The van der Waals surface area contributed by atoms with Crippen LogP contribution in [0.1, 0.15) is 6.42 Å². The fraction of sp³-hybridized carbons (Fsp3) is 0.455. The molecule has 0 spiro atoms. The van der Waals surface area contributed by atoms with E-state index in [4.69, 9.17) is 23.1 Å². The van der Waals surface area contributed by atoms with Gasteiger partial charge in [-0.25, -0.2) is 4.98 Å². The van der Waals surface area contributed by atoms with Crippen LogP contribution in [-0.2, 0) is 4.79 Å². The molecule has 5 N–H and O–H groups in total. The average Bonchev–Trinajstić information content (AvgIpc) is 2.66. The first-order valence-electron chi connectivity index (χ1n) is 5.78. The third-order valence-corrected chi connectivity index (χ3v) is 3.35. The summed E-state index contributed by atoms with van der Waals surface area (Å²) in [7, 11) is 0. The first-order chi connectivity index (χ1) is 8.59. The maximum absolute atomic E-state index is 11.6. The van der Waals surface area contributed by atoms with Crippen molar-refractivity contribution in [1.82, 2.24) is 9.88 Å². The number of carbonyl (C=O) groups is 1. The Kier molecular flexibility index (Phi) is 3.88. The Hall–Kier alpha value is -1.53. The van der Waals surface area contributed by atoms with E-state index in [1.54, 1.807) is 17.2 Å². The molecule has 1 aromatic heterocycles. The van der Waals surface area contributed by atoms with E-state index >= 15 is 0 Å². The number of amides is 1. The lowest BCUT2D eigenvalue weighted by molar-refractivity contribution is -0.128. The van der Waals surface area contributed by atoms with Crippen molar-refractivity contribution in [2.75, 3.05) is 30.7 Å². The van der Waals surface area contributed by atoms with E-state index in [9.17, 15) is 4.79 Å². The van der Waals surface area contributed by atoms with Gasteiger partial charge in [0, 0.05) is 25.8 Å². The van der Waals surface area contributed by atoms with Crippen molar-refractivity contribution in [1.29, 1.82) is 0 Å². The molecule has 1 fully saturated rings. The molecular weight excluding hydrogens is 254 g/mol. The third kappa shape index (κ3) is 2.65. The van der Waals surface area contributed by atoms with Crippen LogP contribution >= 0.6 is 11.6 Å². The number of nitrogens with zero attached hydrogens (tertiary/aromatic N) is 2. The highest BCUT2D eigenvalue weighted by Gasteiger charge is 2.27. The molecule has 2 rings (SSSR count). The second kappa shape index (κ2) is 5.41. The van der Waals surface area contributed by atoms with E-state index in [0.717, 1.165) is 12.1 Å². The molecule has 1 unspecified atom stereocenters. The minimum Gasteiger partial charge on any atom is -0.382 e. The predicted octanol–water partition coefficient (Wildman–Crippen LogP) is 0.289. The van der Waals surface area contributed by atoms with E-state index < -0.39 is 0 Å². The van der Waals surface area contributed by atoms with Crippen molar-refractivity contribution in [3.63, 3.8) is 0 Å². The number of anilines is 2. The Bertz CT molecular complexity index is 453. The minimum absolute atomic E-state index is 0.0112. The molecule has 0 bridgehead atoms. The zero-order valence-corrected chi connectivity index (χ0v) is 10.7. The smallest absolute Gasteiger partial charge is 0.239 e. The van der Waals surface area contributed by atoms with Gasteiger partial charge in [-0.05, 0) is 12.5 Å². The van der Waals surface area contributed by atoms with Crippen LogP contribution in [0.15, 0.2) is 12.3 Å². The molecule has 1 aliphatic rings. The van der Waals surface area contributed by atoms with Crippen molar-refractivity contribution < 1.29 is 4.79 Å². The van der Waals surface area contributed by atoms with Gasteiger partial charge in [-0.2, -0.15) is 0 Å². The Balaban J connectivity index is 1.86. The molecule has 6 nitrogen and oxygen atoms in total. The van der Waals surface area contributed by atoms with Crippen LogP contribution in [-0.4, -0.2) is 41.5 Å². The zero-order chi connectivity index (χ0) is 13.1. The number of nitrogens with two attached hydrogens (primary N) is 2. The van der Waals surface area contributed by atoms with Crippen molar-refractivity contribution >= 4 is 29.0 Å². The van der Waals surface area contributed by atoms with Gasteiger partial charge in [-0.15, -0.1) is 0 Å². The lowest BCUT2D eigenvalue weighted by Crippen LogP contribution is -2.36. The number of hydrogen-bond donors (Lipinski definition) is 3. The quantitative estimate of drug-likeness (QED) is 0.730. The topological polar surface area (TPSA) is 97.3 Å². The van der Waals surface area contributed by atoms with Crippen LogP contribution < -0.4 is 16.8 Å². The largest absolute Gasteiger partial charge is 0.382 e. The standard InChI is InChI=1S/C11H16ClN5O/c12-9-8(1-3-16-10(9)14)15-4-6-17-5-2-7(13)11(17)18/h1,3,7H,2,4-6,13H2,(H3,14,15,16). The van der Waals surface area contributed by atoms with Crippen LogP contribution in [0.5, 0.6) is 0 Å². The summed E-state index contributed by atoms with van der Waals surface area (Å²) < 4.78 is 0. The first-order valence-corrected chi connectivity index (χ1v) is 6.15. The van der Waals surface area contributed by atoms with E-state index in [1.165, 1.54) is 0 Å². The summed E-state index contributed by atoms with van der Waals surface area (Å²) in [5.74, 6) is 0.304. The Morgan fingerprint density at radius 3 is 3.06 bits per heavy atom. The summed E-state index contributed by atoms with van der Waals surface area (Å²) >= 11 is 5.99. The second-order valence-electron chi connectivity index (χ2n) is 4.20. The fourth-order valence-electron chi connectivity index (χ4n) is 1.91. The monoisotopic (exact) mass is 269 g/mol. The zero-order valence-electron chi connectivity index (χ0n) is 9.90. The summed E-state index contributed by atoms with van der Waals surface area (Å²) in [4.78, 5) is 17.2. The van der Waals surface area contributed by atoms with Crippen LogP contribution in [0.4, 0.5) is 11.5 Å². The Morgan fingerprint density at radius 1 is 1.61 bits per heavy atom. The van der Waals surface area contributed by atoms with E-state index in [1.807, 2.05) is 0 Å². The molecule has 7 heteroatoms. The maximum atomic E-state index is 11.6. The summed E-state index contributed by atoms with van der Waals surface area (Å²) in [5, 5.41) is 3.53. The number of nitrogen functional groups attached to an aromatic ring is 1. The maximum Gasteiger partial charge on any atom is 0.239 e. The van der Waals surface area contributed by atoms with Crippen LogP contribution in [0, 0.1) is 0 Å². The molecule has 2 heterocycles. The van der Waals surface area contributed by atoms with Crippen molar-refractivity contribution in [2.45, 2.75) is 12.5 Å². The molecule has 0 aliphatic carbocycles. The second-order valence-corrected chi connectivity index (χ2v) is 4.58. The molecule has 1 amide bonds. The van der Waals surface area contributed by atoms with Gasteiger partial charge >= 0.3 is 0 Å². The average molecular weight is 270 g/mol. The summed E-state index contributed by atoms with van der Waals surface area (Å²) in [6.07, 6.45) is 2.31. The highest BCUT2D eigenvalue weighted by molar-refractivity contribution is 6.35. The van der Waals surface area contributed by atoms with Crippen molar-refractivity contribution in [3.05, 3.63) is 17.3 Å². The van der Waals surface area contributed by atoms with Gasteiger partial charge < -0.3 is 21.7 Å². The van der Waals surface area contributed by atoms with Gasteiger partial charge in [0.15, 0.2) is 0 Å². The van der Waals surface area contributed by atoms with Gasteiger partial charge in [0.25, 0.3) is 0 Å². The van der Waals surface area contributed by atoms with E-state index in [2.05, 4.69) is 10.3 Å². The Morgan fingerprint density at radius 2 is 2.39 bits per heavy atom. The summed E-state index contributed by atoms with van der Waals surface area (Å²) in [5.41, 5.74) is 12.0.